The summed E-state index contributed by atoms with van der Waals surface area (Å²) in [6.07, 6.45) is 1.09. The maximum Gasteiger partial charge on any atom is 0.125 e. The summed E-state index contributed by atoms with van der Waals surface area (Å²) < 4.78 is 5.61. The van der Waals surface area contributed by atoms with E-state index in [2.05, 4.69) is 62.7 Å². The van der Waals surface area contributed by atoms with Crippen LogP contribution >= 0.6 is 15.9 Å². The van der Waals surface area contributed by atoms with E-state index in [-0.39, 0.29) is 5.41 Å². The second-order valence-electron chi connectivity index (χ2n) is 5.46. The van der Waals surface area contributed by atoms with Crippen molar-refractivity contribution in [2.45, 2.75) is 51.3 Å². The van der Waals surface area contributed by atoms with Crippen molar-refractivity contribution in [3.63, 3.8) is 0 Å². The molecule has 0 saturated heterocycles. The summed E-state index contributed by atoms with van der Waals surface area (Å²) in [5, 5.41) is 0. The molecule has 0 saturated carbocycles. The van der Waals surface area contributed by atoms with E-state index in [0.717, 1.165) is 12.2 Å². The zero-order chi connectivity index (χ0) is 13.2. The van der Waals surface area contributed by atoms with Crippen molar-refractivity contribution in [2.24, 2.45) is 0 Å². The molecule has 1 aromatic rings. The molecule has 96 valence electrons. The molecule has 0 aromatic heterocycles. The number of benzene rings is 1. The van der Waals surface area contributed by atoms with Crippen molar-refractivity contribution >= 4 is 15.9 Å². The van der Waals surface area contributed by atoms with Gasteiger partial charge in [-0.2, -0.15) is 0 Å². The van der Waals surface area contributed by atoms with Crippen molar-refractivity contribution in [3.8, 4) is 5.75 Å². The van der Waals surface area contributed by atoms with Crippen LogP contribution in [0.4, 0.5) is 0 Å². The zero-order valence-corrected chi connectivity index (χ0v) is 13.3. The summed E-state index contributed by atoms with van der Waals surface area (Å²) >= 11 is 3.65. The van der Waals surface area contributed by atoms with Gasteiger partial charge in [-0.15, -0.1) is 0 Å². The van der Waals surface area contributed by atoms with Crippen molar-refractivity contribution in [1.82, 2.24) is 0 Å². The Bertz CT molecular complexity index is 394. The highest BCUT2D eigenvalue weighted by Crippen LogP contribution is 2.39. The van der Waals surface area contributed by atoms with E-state index in [9.17, 15) is 0 Å². The second kappa shape index (κ2) is 5.43. The van der Waals surface area contributed by atoms with E-state index in [1.807, 2.05) is 0 Å². The third kappa shape index (κ3) is 3.25. The van der Waals surface area contributed by atoms with E-state index >= 15 is 0 Å². The van der Waals surface area contributed by atoms with Gasteiger partial charge in [0.05, 0.1) is 7.11 Å². The van der Waals surface area contributed by atoms with Gasteiger partial charge in [-0.3, -0.25) is 0 Å². The highest BCUT2D eigenvalue weighted by molar-refractivity contribution is 9.09. The summed E-state index contributed by atoms with van der Waals surface area (Å²) in [5.41, 5.74) is 3.95. The minimum absolute atomic E-state index is 0.118. The molecule has 1 rings (SSSR count). The molecule has 0 aliphatic carbocycles. The van der Waals surface area contributed by atoms with Crippen LogP contribution in [0.25, 0.3) is 0 Å². The van der Waals surface area contributed by atoms with Crippen molar-refractivity contribution < 1.29 is 4.74 Å². The lowest BCUT2D eigenvalue weighted by molar-refractivity contribution is 0.382. The largest absolute Gasteiger partial charge is 0.496 e. The summed E-state index contributed by atoms with van der Waals surface area (Å²) in [4.78, 5) is 0.504. The van der Waals surface area contributed by atoms with Crippen LogP contribution in [0.2, 0.25) is 0 Å². The van der Waals surface area contributed by atoms with Gasteiger partial charge in [-0.05, 0) is 36.8 Å². The van der Waals surface area contributed by atoms with Gasteiger partial charge in [0.25, 0.3) is 0 Å². The lowest BCUT2D eigenvalue weighted by Crippen LogP contribution is -2.22. The molecule has 0 aliphatic rings. The average molecular weight is 299 g/mol. The number of aryl methyl sites for hydroxylation is 1. The highest BCUT2D eigenvalue weighted by atomic mass is 79.9. The molecule has 1 nitrogen and oxygen atoms in total. The van der Waals surface area contributed by atoms with E-state index in [0.29, 0.717) is 4.83 Å². The lowest BCUT2D eigenvalue weighted by Gasteiger charge is -2.29. The summed E-state index contributed by atoms with van der Waals surface area (Å²) in [6, 6.07) is 4.39. The minimum Gasteiger partial charge on any atom is -0.496 e. The van der Waals surface area contributed by atoms with E-state index in [1.54, 1.807) is 7.11 Å². The third-order valence-electron chi connectivity index (χ3n) is 3.40. The van der Waals surface area contributed by atoms with Crippen LogP contribution in [-0.2, 0) is 5.41 Å². The quantitative estimate of drug-likeness (QED) is 0.728. The van der Waals surface area contributed by atoms with Gasteiger partial charge in [0.1, 0.15) is 5.75 Å². The Morgan fingerprint density at radius 1 is 1.29 bits per heavy atom. The first-order chi connectivity index (χ1) is 7.79. The SMILES string of the molecule is COc1c(C(C)(C)CC(C)Br)ccc(C)c1C. The molecular formula is C15H23BrO. The maximum atomic E-state index is 5.61. The highest BCUT2D eigenvalue weighted by Gasteiger charge is 2.27. The van der Waals surface area contributed by atoms with Crippen LogP contribution in [0.3, 0.4) is 0 Å². The average Bonchev–Trinajstić information content (AvgIpc) is 2.19. The third-order valence-corrected chi connectivity index (χ3v) is 3.73. The molecule has 0 fully saturated rings. The second-order valence-corrected chi connectivity index (χ2v) is 7.02. The van der Waals surface area contributed by atoms with Crippen molar-refractivity contribution in [1.29, 1.82) is 0 Å². The van der Waals surface area contributed by atoms with Crippen LogP contribution in [0, 0.1) is 13.8 Å². The van der Waals surface area contributed by atoms with Gasteiger partial charge >= 0.3 is 0 Å². The van der Waals surface area contributed by atoms with E-state index < -0.39 is 0 Å². The predicted molar refractivity (Wildman–Crippen MR) is 78.5 cm³/mol. The molecule has 0 spiro atoms. The molecule has 0 aliphatic heterocycles. The monoisotopic (exact) mass is 298 g/mol. The van der Waals surface area contributed by atoms with Crippen LogP contribution < -0.4 is 4.74 Å². The van der Waals surface area contributed by atoms with Crippen molar-refractivity contribution in [2.75, 3.05) is 7.11 Å². The maximum absolute atomic E-state index is 5.61. The Balaban J connectivity index is 3.26. The zero-order valence-electron chi connectivity index (χ0n) is 11.7. The van der Waals surface area contributed by atoms with Gasteiger partial charge in [-0.25, -0.2) is 0 Å². The van der Waals surface area contributed by atoms with Crippen LogP contribution in [0.1, 0.15) is 43.9 Å². The summed E-state index contributed by atoms with van der Waals surface area (Å²) in [6.45, 7) is 11.0. The van der Waals surface area contributed by atoms with Crippen molar-refractivity contribution in [3.05, 3.63) is 28.8 Å². The summed E-state index contributed by atoms with van der Waals surface area (Å²) in [5.74, 6) is 1.04. The Kier molecular flexibility index (Phi) is 4.65. The molecule has 0 N–H and O–H groups in total. The van der Waals surface area contributed by atoms with E-state index in [4.69, 9.17) is 4.74 Å². The molecule has 1 atom stereocenters. The number of hydrogen-bond donors (Lipinski definition) is 0. The Hall–Kier alpha value is -0.500. The number of alkyl halides is 1. The standard InChI is InChI=1S/C15H23BrO/c1-10-7-8-13(14(17-6)12(10)3)15(4,5)9-11(2)16/h7-8,11H,9H2,1-6H3. The fraction of sp³-hybridized carbons (Fsp3) is 0.600. The lowest BCUT2D eigenvalue weighted by atomic mass is 9.79. The van der Waals surface area contributed by atoms with Gasteiger partial charge in [-0.1, -0.05) is 48.8 Å². The van der Waals surface area contributed by atoms with Gasteiger partial charge in [0, 0.05) is 10.4 Å². The normalized spacial score (nSPS) is 13.6. The molecular weight excluding hydrogens is 276 g/mol. The number of methoxy groups -OCH3 is 1. The Labute approximate surface area is 114 Å². The molecule has 17 heavy (non-hydrogen) atoms. The number of ether oxygens (including phenoxy) is 1. The topological polar surface area (TPSA) is 9.23 Å². The molecule has 0 heterocycles. The molecule has 1 unspecified atom stereocenters. The predicted octanol–water partition coefficient (Wildman–Crippen LogP) is 4.76. The molecule has 2 heteroatoms. The van der Waals surface area contributed by atoms with E-state index in [1.165, 1.54) is 16.7 Å². The Morgan fingerprint density at radius 2 is 1.88 bits per heavy atom. The fourth-order valence-corrected chi connectivity index (χ4v) is 3.21. The van der Waals surface area contributed by atoms with Crippen LogP contribution in [0.5, 0.6) is 5.75 Å². The smallest absolute Gasteiger partial charge is 0.125 e. The minimum atomic E-state index is 0.118. The summed E-state index contributed by atoms with van der Waals surface area (Å²) in [7, 11) is 1.76. The van der Waals surface area contributed by atoms with Crippen LogP contribution in [-0.4, -0.2) is 11.9 Å². The molecule has 0 bridgehead atoms. The van der Waals surface area contributed by atoms with Crippen LogP contribution in [0.15, 0.2) is 12.1 Å². The Morgan fingerprint density at radius 3 is 2.35 bits per heavy atom. The first-order valence-electron chi connectivity index (χ1n) is 6.08. The molecule has 0 amide bonds. The van der Waals surface area contributed by atoms with Gasteiger partial charge < -0.3 is 4.74 Å². The number of rotatable bonds is 4. The first-order valence-corrected chi connectivity index (χ1v) is 7.00. The number of hydrogen-bond acceptors (Lipinski definition) is 1. The molecule has 0 radical (unpaired) electrons. The van der Waals surface area contributed by atoms with Gasteiger partial charge in [0.2, 0.25) is 0 Å². The molecule has 1 aromatic carbocycles. The number of halogens is 1. The van der Waals surface area contributed by atoms with Gasteiger partial charge in [0.15, 0.2) is 0 Å². The first kappa shape index (κ1) is 14.6. The fourth-order valence-electron chi connectivity index (χ4n) is 2.40.